The largest absolute Gasteiger partial charge is 0.362 e. The van der Waals surface area contributed by atoms with Crippen LogP contribution in [0.15, 0.2) is 48.7 Å². The van der Waals surface area contributed by atoms with Crippen molar-refractivity contribution < 1.29 is 23.1 Å². The maximum atomic E-state index is 13.4. The van der Waals surface area contributed by atoms with E-state index in [-0.39, 0.29) is 12.5 Å². The number of hydrogen-bond donors (Lipinski definition) is 1. The van der Waals surface area contributed by atoms with E-state index in [4.69, 9.17) is 16.3 Å². The molecule has 0 unspecified atom stereocenters. The number of nitrogens with zero attached hydrogens (tertiary/aromatic N) is 2. The van der Waals surface area contributed by atoms with Crippen molar-refractivity contribution in [3.8, 4) is 11.1 Å². The summed E-state index contributed by atoms with van der Waals surface area (Å²) in [6, 6.07) is 11.6. The summed E-state index contributed by atoms with van der Waals surface area (Å²) < 4.78 is 32.8. The second-order valence-electron chi connectivity index (χ2n) is 6.44. The third-order valence-corrected chi connectivity index (χ3v) is 4.56. The van der Waals surface area contributed by atoms with Crippen LogP contribution in [-0.4, -0.2) is 28.6 Å². The summed E-state index contributed by atoms with van der Waals surface area (Å²) in [5.74, 6) is -1.00. The van der Waals surface area contributed by atoms with E-state index in [1.165, 1.54) is 14.0 Å². The number of amides is 1. The Kier molecular flexibility index (Phi) is 6.59. The number of alkyl halides is 2. The summed E-state index contributed by atoms with van der Waals surface area (Å²) in [6.45, 7) is 1.34. The first-order valence-corrected chi connectivity index (χ1v) is 9.25. The first-order valence-electron chi connectivity index (χ1n) is 8.87. The zero-order valence-electron chi connectivity index (χ0n) is 16.2. The SMILES string of the molecule is COCn1cc(C(F)F)c(C(=O)Nc2ccccc2-c2ccc(Cl)cc2C(C)=O)n1. The number of anilines is 1. The second kappa shape index (κ2) is 9.15. The highest BCUT2D eigenvalue weighted by Crippen LogP contribution is 2.33. The molecule has 0 spiro atoms. The van der Waals surface area contributed by atoms with Crippen LogP contribution in [0.1, 0.15) is 39.8 Å². The van der Waals surface area contributed by atoms with Gasteiger partial charge in [0.15, 0.2) is 11.5 Å². The molecule has 1 heterocycles. The van der Waals surface area contributed by atoms with E-state index < -0.39 is 23.6 Å². The fourth-order valence-corrected chi connectivity index (χ4v) is 3.19. The van der Waals surface area contributed by atoms with Crippen LogP contribution in [0.2, 0.25) is 5.02 Å². The predicted octanol–water partition coefficient (Wildman–Crippen LogP) is 5.20. The molecule has 0 aliphatic heterocycles. The van der Waals surface area contributed by atoms with Crippen LogP contribution in [0.5, 0.6) is 0 Å². The van der Waals surface area contributed by atoms with Crippen LogP contribution in [0.4, 0.5) is 14.5 Å². The minimum atomic E-state index is -2.88. The number of hydrogen-bond acceptors (Lipinski definition) is 4. The Morgan fingerprint density at radius 1 is 1.20 bits per heavy atom. The molecule has 0 saturated heterocycles. The van der Waals surface area contributed by atoms with Crippen LogP contribution < -0.4 is 5.32 Å². The van der Waals surface area contributed by atoms with Crippen LogP contribution in [0, 0.1) is 0 Å². The standard InChI is InChI=1S/C21H18ClF2N3O3/c1-12(28)16-9-13(22)7-8-14(16)15-5-3-4-6-18(15)25-21(29)19-17(20(23)24)10-27(26-19)11-30-2/h3-10,20H,11H2,1-2H3,(H,25,29). The number of rotatable bonds is 7. The number of ether oxygens (including phenoxy) is 1. The lowest BCUT2D eigenvalue weighted by atomic mass is 9.96. The van der Waals surface area contributed by atoms with Crippen molar-refractivity contribution in [2.45, 2.75) is 20.1 Å². The summed E-state index contributed by atoms with van der Waals surface area (Å²) in [4.78, 5) is 24.8. The molecule has 30 heavy (non-hydrogen) atoms. The highest BCUT2D eigenvalue weighted by molar-refractivity contribution is 6.31. The van der Waals surface area contributed by atoms with Gasteiger partial charge >= 0.3 is 0 Å². The Morgan fingerprint density at radius 2 is 1.93 bits per heavy atom. The van der Waals surface area contributed by atoms with Gasteiger partial charge in [-0.2, -0.15) is 5.10 Å². The lowest BCUT2D eigenvalue weighted by Crippen LogP contribution is -2.16. The number of Topliss-reactive ketones (excluding diaryl/α,β-unsaturated/α-hetero) is 1. The Bertz CT molecular complexity index is 1100. The molecule has 2 aromatic carbocycles. The van der Waals surface area contributed by atoms with Crippen molar-refractivity contribution in [3.63, 3.8) is 0 Å². The average molecular weight is 434 g/mol. The van der Waals surface area contributed by atoms with Crippen molar-refractivity contribution in [3.05, 3.63) is 70.5 Å². The fraction of sp³-hybridized carbons (Fsp3) is 0.190. The van der Waals surface area contributed by atoms with E-state index in [0.717, 1.165) is 10.9 Å². The van der Waals surface area contributed by atoms with Gasteiger partial charge in [0.1, 0.15) is 6.73 Å². The van der Waals surface area contributed by atoms with Gasteiger partial charge in [-0.15, -0.1) is 0 Å². The van der Waals surface area contributed by atoms with Crippen molar-refractivity contribution in [1.82, 2.24) is 9.78 Å². The number of aromatic nitrogens is 2. The number of halogens is 3. The number of nitrogens with one attached hydrogen (secondary N) is 1. The van der Waals surface area contributed by atoms with Gasteiger partial charge in [-0.3, -0.25) is 9.59 Å². The summed E-state index contributed by atoms with van der Waals surface area (Å²) in [7, 11) is 1.39. The molecule has 3 rings (SSSR count). The second-order valence-corrected chi connectivity index (χ2v) is 6.87. The minimum absolute atomic E-state index is 0.0731. The van der Waals surface area contributed by atoms with Crippen molar-refractivity contribution in [1.29, 1.82) is 0 Å². The van der Waals surface area contributed by atoms with Crippen LogP contribution in [-0.2, 0) is 11.5 Å². The van der Waals surface area contributed by atoms with Gasteiger partial charge in [-0.1, -0.05) is 35.9 Å². The molecule has 9 heteroatoms. The number of benzene rings is 2. The first kappa shape index (κ1) is 21.6. The van der Waals surface area contributed by atoms with Gasteiger partial charge in [0.2, 0.25) is 0 Å². The quantitative estimate of drug-likeness (QED) is 0.520. The third-order valence-electron chi connectivity index (χ3n) is 4.33. The Labute approximate surface area is 176 Å². The number of carbonyl (C=O) groups is 2. The number of para-hydroxylation sites is 1. The lowest BCUT2D eigenvalue weighted by Gasteiger charge is -2.14. The molecule has 1 amide bonds. The predicted molar refractivity (Wildman–Crippen MR) is 109 cm³/mol. The first-order chi connectivity index (χ1) is 14.3. The Balaban J connectivity index is 2.01. The van der Waals surface area contributed by atoms with Gasteiger partial charge in [-0.05, 0) is 30.7 Å². The van der Waals surface area contributed by atoms with Crippen LogP contribution >= 0.6 is 11.6 Å². The van der Waals surface area contributed by atoms with E-state index in [9.17, 15) is 18.4 Å². The molecule has 6 nitrogen and oxygen atoms in total. The van der Waals surface area contributed by atoms with Crippen LogP contribution in [0.25, 0.3) is 11.1 Å². The van der Waals surface area contributed by atoms with E-state index >= 15 is 0 Å². The molecule has 0 radical (unpaired) electrons. The highest BCUT2D eigenvalue weighted by atomic mass is 35.5. The fourth-order valence-electron chi connectivity index (χ4n) is 3.02. The van der Waals surface area contributed by atoms with Gasteiger partial charge in [0.05, 0.1) is 5.56 Å². The molecule has 0 bridgehead atoms. The summed E-state index contributed by atoms with van der Waals surface area (Å²) in [5, 5.41) is 6.93. The maximum absolute atomic E-state index is 13.4. The molecule has 0 fully saturated rings. The zero-order valence-corrected chi connectivity index (χ0v) is 16.9. The van der Waals surface area contributed by atoms with Gasteiger partial charge in [0, 0.05) is 35.1 Å². The highest BCUT2D eigenvalue weighted by Gasteiger charge is 2.24. The van der Waals surface area contributed by atoms with Crippen molar-refractivity contribution >= 4 is 29.0 Å². The van der Waals surface area contributed by atoms with Crippen LogP contribution in [0.3, 0.4) is 0 Å². The maximum Gasteiger partial charge on any atom is 0.276 e. The molecule has 0 aliphatic carbocycles. The van der Waals surface area contributed by atoms with E-state index in [2.05, 4.69) is 10.4 Å². The third kappa shape index (κ3) is 4.55. The molecular formula is C21H18ClF2N3O3. The van der Waals surface area contributed by atoms with Crippen molar-refractivity contribution in [2.75, 3.05) is 12.4 Å². The monoisotopic (exact) mass is 433 g/mol. The molecule has 3 aromatic rings. The molecular weight excluding hydrogens is 416 g/mol. The van der Waals surface area contributed by atoms with Gasteiger partial charge in [-0.25, -0.2) is 13.5 Å². The van der Waals surface area contributed by atoms with E-state index in [1.807, 2.05) is 0 Å². The van der Waals surface area contributed by atoms with E-state index in [0.29, 0.717) is 27.4 Å². The normalized spacial score (nSPS) is 11.0. The number of ketones is 1. The number of carbonyl (C=O) groups excluding carboxylic acids is 2. The molecule has 156 valence electrons. The summed E-state index contributed by atoms with van der Waals surface area (Å²) in [6.07, 6.45) is -1.81. The summed E-state index contributed by atoms with van der Waals surface area (Å²) in [5.41, 5.74) is 0.915. The smallest absolute Gasteiger partial charge is 0.276 e. The molecule has 0 saturated carbocycles. The Hall–Kier alpha value is -3.10. The molecule has 1 N–H and O–H groups in total. The molecule has 1 aromatic heterocycles. The number of methoxy groups -OCH3 is 1. The summed E-state index contributed by atoms with van der Waals surface area (Å²) >= 11 is 6.01. The Morgan fingerprint density at radius 3 is 2.60 bits per heavy atom. The molecule has 0 aliphatic rings. The zero-order chi connectivity index (χ0) is 21.8. The van der Waals surface area contributed by atoms with E-state index in [1.54, 1.807) is 42.5 Å². The van der Waals surface area contributed by atoms with Gasteiger partial charge < -0.3 is 10.1 Å². The van der Waals surface area contributed by atoms with Crippen molar-refractivity contribution in [2.24, 2.45) is 0 Å². The molecule has 0 atom stereocenters. The average Bonchev–Trinajstić information content (AvgIpc) is 3.13. The lowest BCUT2D eigenvalue weighted by molar-refractivity contribution is 0.0995. The topological polar surface area (TPSA) is 73.2 Å². The minimum Gasteiger partial charge on any atom is -0.362 e. The van der Waals surface area contributed by atoms with Gasteiger partial charge in [0.25, 0.3) is 12.3 Å².